The molecule has 17 heavy (non-hydrogen) atoms. The number of ether oxygens (including phenoxy) is 1. The first-order valence-electron chi connectivity index (χ1n) is 5.42. The molecule has 0 bridgehead atoms. The number of aryl methyl sites for hydroxylation is 2. The molecule has 5 heteroatoms. The van der Waals surface area contributed by atoms with Crippen molar-refractivity contribution in [2.45, 2.75) is 20.3 Å². The van der Waals surface area contributed by atoms with E-state index in [2.05, 4.69) is 16.2 Å². The molecule has 0 atom stereocenters. The van der Waals surface area contributed by atoms with E-state index in [0.29, 0.717) is 30.1 Å². The molecule has 0 N–H and O–H groups in total. The van der Waals surface area contributed by atoms with E-state index < -0.39 is 0 Å². The summed E-state index contributed by atoms with van der Waals surface area (Å²) in [7, 11) is 1.64. The summed E-state index contributed by atoms with van der Waals surface area (Å²) in [5, 5.41) is 13.5. The number of hydrogen-bond donors (Lipinski definition) is 0. The Balaban J connectivity index is 2.59. The molecule has 5 nitrogen and oxygen atoms in total. The minimum absolute atomic E-state index is 0.580. The van der Waals surface area contributed by atoms with Crippen molar-refractivity contribution in [2.75, 3.05) is 13.7 Å². The van der Waals surface area contributed by atoms with E-state index in [1.165, 1.54) is 0 Å². The lowest BCUT2D eigenvalue weighted by atomic mass is 10.1. The maximum Gasteiger partial charge on any atom is 0.173 e. The molecule has 0 fully saturated rings. The Kier molecular flexibility index (Phi) is 3.07. The minimum atomic E-state index is 0.580. The third-order valence-electron chi connectivity index (χ3n) is 2.67. The predicted octanol–water partition coefficient (Wildman–Crippen LogP) is 1.41. The summed E-state index contributed by atoms with van der Waals surface area (Å²) in [6.07, 6.45) is 0.654. The lowest BCUT2D eigenvalue weighted by Gasteiger charge is -2.02. The van der Waals surface area contributed by atoms with Crippen molar-refractivity contribution in [1.29, 1.82) is 5.26 Å². The van der Waals surface area contributed by atoms with Gasteiger partial charge in [0.1, 0.15) is 6.07 Å². The third-order valence-corrected chi connectivity index (χ3v) is 2.67. The second-order valence-electron chi connectivity index (χ2n) is 3.96. The van der Waals surface area contributed by atoms with Crippen molar-refractivity contribution >= 4 is 5.65 Å². The summed E-state index contributed by atoms with van der Waals surface area (Å²) in [5.41, 5.74) is 3.14. The molecule has 0 saturated carbocycles. The zero-order chi connectivity index (χ0) is 12.4. The molecule has 2 aromatic heterocycles. The quantitative estimate of drug-likeness (QED) is 0.799. The van der Waals surface area contributed by atoms with Gasteiger partial charge in [0.25, 0.3) is 0 Å². The highest BCUT2D eigenvalue weighted by Gasteiger charge is 2.12. The normalized spacial score (nSPS) is 10.7. The Morgan fingerprint density at radius 3 is 2.88 bits per heavy atom. The van der Waals surface area contributed by atoms with Crippen LogP contribution >= 0.6 is 0 Å². The summed E-state index contributed by atoms with van der Waals surface area (Å²) < 4.78 is 6.72. The molecule has 2 heterocycles. The Bertz CT molecular complexity index is 595. The first-order chi connectivity index (χ1) is 8.17. The number of methoxy groups -OCH3 is 1. The standard InChI is InChI=1S/C12H14N4O/c1-8-6-9(2)16-12(10(8)7-13)14-11(15-16)4-5-17-3/h6H,4-5H2,1-3H3. The summed E-state index contributed by atoms with van der Waals surface area (Å²) in [6, 6.07) is 4.13. The monoisotopic (exact) mass is 230 g/mol. The molecule has 2 rings (SSSR count). The van der Waals surface area contributed by atoms with Crippen LogP contribution in [0.5, 0.6) is 0 Å². The summed E-state index contributed by atoms with van der Waals surface area (Å²) in [4.78, 5) is 4.39. The Hall–Kier alpha value is -1.93. The van der Waals surface area contributed by atoms with Crippen LogP contribution in [-0.4, -0.2) is 28.3 Å². The molecule has 0 aliphatic rings. The maximum absolute atomic E-state index is 9.14. The van der Waals surface area contributed by atoms with Gasteiger partial charge in [-0.2, -0.15) is 10.4 Å². The van der Waals surface area contributed by atoms with Gasteiger partial charge in [-0.25, -0.2) is 9.50 Å². The number of nitrogens with zero attached hydrogens (tertiary/aromatic N) is 4. The smallest absolute Gasteiger partial charge is 0.173 e. The summed E-state index contributed by atoms with van der Waals surface area (Å²) in [6.45, 7) is 4.45. The average Bonchev–Trinajstić information content (AvgIpc) is 2.71. The molecule has 0 spiro atoms. The Morgan fingerprint density at radius 2 is 2.24 bits per heavy atom. The number of fused-ring (bicyclic) bond motifs is 1. The number of rotatable bonds is 3. The van der Waals surface area contributed by atoms with Gasteiger partial charge in [-0.15, -0.1) is 0 Å². The van der Waals surface area contributed by atoms with Crippen LogP contribution < -0.4 is 0 Å². The highest BCUT2D eigenvalue weighted by atomic mass is 16.5. The highest BCUT2D eigenvalue weighted by molar-refractivity contribution is 5.59. The van der Waals surface area contributed by atoms with Crippen LogP contribution in [0.4, 0.5) is 0 Å². The van der Waals surface area contributed by atoms with Crippen molar-refractivity contribution in [1.82, 2.24) is 14.6 Å². The highest BCUT2D eigenvalue weighted by Crippen LogP contribution is 2.16. The molecule has 0 aliphatic heterocycles. The van der Waals surface area contributed by atoms with Gasteiger partial charge in [-0.1, -0.05) is 0 Å². The number of hydrogen-bond acceptors (Lipinski definition) is 4. The van der Waals surface area contributed by atoms with Crippen LogP contribution in [0.2, 0.25) is 0 Å². The van der Waals surface area contributed by atoms with E-state index in [9.17, 15) is 0 Å². The van der Waals surface area contributed by atoms with Gasteiger partial charge >= 0.3 is 0 Å². The molecule has 0 radical (unpaired) electrons. The van der Waals surface area contributed by atoms with Crippen molar-refractivity contribution in [2.24, 2.45) is 0 Å². The third kappa shape index (κ3) is 1.99. The van der Waals surface area contributed by atoms with Gasteiger partial charge in [-0.3, -0.25) is 0 Å². The first-order valence-corrected chi connectivity index (χ1v) is 5.42. The number of nitriles is 1. The molecule has 0 unspecified atom stereocenters. The van der Waals surface area contributed by atoms with Crippen LogP contribution in [0.1, 0.15) is 22.6 Å². The summed E-state index contributed by atoms with van der Waals surface area (Å²) >= 11 is 0. The van der Waals surface area contributed by atoms with Crippen molar-refractivity contribution in [3.05, 3.63) is 28.7 Å². The lowest BCUT2D eigenvalue weighted by molar-refractivity contribution is 0.200. The van der Waals surface area contributed by atoms with Gasteiger partial charge in [0, 0.05) is 19.2 Å². The fourth-order valence-electron chi connectivity index (χ4n) is 1.82. The van der Waals surface area contributed by atoms with Crippen molar-refractivity contribution < 1.29 is 4.74 Å². The zero-order valence-corrected chi connectivity index (χ0v) is 10.2. The molecule has 2 aromatic rings. The van der Waals surface area contributed by atoms with Crippen LogP contribution in [0.15, 0.2) is 6.07 Å². The molecular formula is C12H14N4O. The molecular weight excluding hydrogens is 216 g/mol. The van der Waals surface area contributed by atoms with E-state index in [1.54, 1.807) is 11.6 Å². The Labute approximate surface area is 99.7 Å². The number of aromatic nitrogens is 3. The van der Waals surface area contributed by atoms with Gasteiger partial charge in [0.2, 0.25) is 0 Å². The summed E-state index contributed by atoms with van der Waals surface area (Å²) in [5.74, 6) is 0.706. The largest absolute Gasteiger partial charge is 0.384 e. The minimum Gasteiger partial charge on any atom is -0.384 e. The van der Waals surface area contributed by atoms with Gasteiger partial charge in [-0.05, 0) is 25.5 Å². The first kappa shape index (κ1) is 11.6. The average molecular weight is 230 g/mol. The van der Waals surface area contributed by atoms with Crippen LogP contribution in [0.25, 0.3) is 5.65 Å². The molecule has 0 amide bonds. The van der Waals surface area contributed by atoms with Crippen LogP contribution in [0, 0.1) is 25.2 Å². The van der Waals surface area contributed by atoms with Gasteiger partial charge < -0.3 is 4.74 Å². The van der Waals surface area contributed by atoms with Crippen LogP contribution in [-0.2, 0) is 11.2 Å². The second-order valence-corrected chi connectivity index (χ2v) is 3.96. The van der Waals surface area contributed by atoms with E-state index in [-0.39, 0.29) is 0 Å². The topological polar surface area (TPSA) is 63.2 Å². The van der Waals surface area contributed by atoms with E-state index in [1.807, 2.05) is 19.9 Å². The number of pyridine rings is 1. The van der Waals surface area contributed by atoms with Crippen LogP contribution in [0.3, 0.4) is 0 Å². The SMILES string of the molecule is COCCc1nc2c(C#N)c(C)cc(C)n2n1. The molecule has 0 saturated heterocycles. The fraction of sp³-hybridized carbons (Fsp3) is 0.417. The molecule has 0 aliphatic carbocycles. The van der Waals surface area contributed by atoms with Gasteiger partial charge in [0.15, 0.2) is 11.5 Å². The Morgan fingerprint density at radius 1 is 1.47 bits per heavy atom. The zero-order valence-electron chi connectivity index (χ0n) is 10.2. The van der Waals surface area contributed by atoms with Crippen molar-refractivity contribution in [3.63, 3.8) is 0 Å². The van der Waals surface area contributed by atoms with Gasteiger partial charge in [0.05, 0.1) is 12.2 Å². The fourth-order valence-corrected chi connectivity index (χ4v) is 1.82. The predicted molar refractivity (Wildman–Crippen MR) is 62.8 cm³/mol. The van der Waals surface area contributed by atoms with Crippen molar-refractivity contribution in [3.8, 4) is 6.07 Å². The van der Waals surface area contributed by atoms with E-state index >= 15 is 0 Å². The van der Waals surface area contributed by atoms with E-state index in [0.717, 1.165) is 11.3 Å². The second kappa shape index (κ2) is 4.52. The molecule has 0 aromatic carbocycles. The molecule has 88 valence electrons. The maximum atomic E-state index is 9.14. The lowest BCUT2D eigenvalue weighted by Crippen LogP contribution is -1.99. The van der Waals surface area contributed by atoms with E-state index in [4.69, 9.17) is 10.00 Å².